The summed E-state index contributed by atoms with van der Waals surface area (Å²) in [7, 11) is 0. The third kappa shape index (κ3) is 2.60. The van der Waals surface area contributed by atoms with Gasteiger partial charge in [-0.3, -0.25) is 0 Å². The van der Waals surface area contributed by atoms with E-state index in [1.54, 1.807) is 0 Å². The van der Waals surface area contributed by atoms with Crippen LogP contribution in [-0.4, -0.2) is 0 Å². The van der Waals surface area contributed by atoms with Crippen molar-refractivity contribution < 1.29 is 0 Å². The highest BCUT2D eigenvalue weighted by Crippen LogP contribution is 2.22. The van der Waals surface area contributed by atoms with Crippen molar-refractivity contribution in [1.29, 1.82) is 5.26 Å². The van der Waals surface area contributed by atoms with Crippen LogP contribution < -0.4 is 0 Å². The van der Waals surface area contributed by atoms with Crippen LogP contribution >= 0.6 is 0 Å². The van der Waals surface area contributed by atoms with Crippen LogP contribution in [0.25, 0.3) is 0 Å². The van der Waals surface area contributed by atoms with Gasteiger partial charge < -0.3 is 0 Å². The molecule has 1 aromatic rings. The maximum Gasteiger partial charge on any atom is 0.0669 e. The normalized spacial score (nSPS) is 10.1. The van der Waals surface area contributed by atoms with Gasteiger partial charge in [-0.25, -0.2) is 0 Å². The quantitative estimate of drug-likeness (QED) is 0.705. The monoisotopic (exact) mass is 187 g/mol. The van der Waals surface area contributed by atoms with Gasteiger partial charge in [0.2, 0.25) is 0 Å². The number of nitrogens with zero attached hydrogens (tertiary/aromatic N) is 1. The summed E-state index contributed by atoms with van der Waals surface area (Å²) in [5.74, 6) is 0.672. The Morgan fingerprint density at radius 2 is 1.71 bits per heavy atom. The Hall–Kier alpha value is -1.29. The average molecular weight is 187 g/mol. The highest BCUT2D eigenvalue weighted by Gasteiger charge is 2.05. The first-order chi connectivity index (χ1) is 6.81. The summed E-state index contributed by atoms with van der Waals surface area (Å²) >= 11 is 0. The van der Waals surface area contributed by atoms with E-state index in [1.807, 2.05) is 0 Å². The van der Waals surface area contributed by atoms with Crippen LogP contribution in [0, 0.1) is 11.3 Å². The van der Waals surface area contributed by atoms with Crippen LogP contribution in [0.3, 0.4) is 0 Å². The van der Waals surface area contributed by atoms with E-state index in [-0.39, 0.29) is 0 Å². The molecule has 0 aliphatic heterocycles. The van der Waals surface area contributed by atoms with Crippen LogP contribution in [0.2, 0.25) is 0 Å². The first-order valence-corrected chi connectivity index (χ1v) is 5.27. The molecule has 0 heterocycles. The van der Waals surface area contributed by atoms with E-state index in [0.717, 1.165) is 5.56 Å². The smallest absolute Gasteiger partial charge is 0.0669 e. The third-order valence-corrected chi connectivity index (χ3v) is 2.72. The summed E-state index contributed by atoms with van der Waals surface area (Å²) in [5.41, 5.74) is 2.51. The summed E-state index contributed by atoms with van der Waals surface area (Å²) in [6, 6.07) is 10.6. The molecule has 14 heavy (non-hydrogen) atoms. The summed E-state index contributed by atoms with van der Waals surface area (Å²) in [6.45, 7) is 4.44. The molecule has 0 spiro atoms. The highest BCUT2D eigenvalue weighted by atomic mass is 14.2. The average Bonchev–Trinajstić information content (AvgIpc) is 2.23. The Morgan fingerprint density at radius 1 is 1.14 bits per heavy atom. The standard InChI is InChI=1S/C13H17N/c1-3-12(4-2)13-7-5-11(6-8-13)9-10-14/h5-8,12H,3-4,9H2,1-2H3. The molecule has 1 rings (SSSR count). The van der Waals surface area contributed by atoms with E-state index >= 15 is 0 Å². The van der Waals surface area contributed by atoms with Crippen molar-refractivity contribution in [2.75, 3.05) is 0 Å². The number of hydrogen-bond donors (Lipinski definition) is 0. The zero-order valence-corrected chi connectivity index (χ0v) is 8.96. The molecule has 0 unspecified atom stereocenters. The summed E-state index contributed by atoms with van der Waals surface area (Å²) in [6.07, 6.45) is 2.89. The Balaban J connectivity index is 2.77. The van der Waals surface area contributed by atoms with Crippen LogP contribution in [0.15, 0.2) is 24.3 Å². The second-order valence-corrected chi connectivity index (χ2v) is 3.59. The van der Waals surface area contributed by atoms with E-state index < -0.39 is 0 Å². The molecule has 0 aromatic heterocycles. The minimum Gasteiger partial charge on any atom is -0.198 e. The maximum absolute atomic E-state index is 8.54. The van der Waals surface area contributed by atoms with Gasteiger partial charge in [-0.05, 0) is 29.9 Å². The molecule has 1 aromatic carbocycles. The third-order valence-electron chi connectivity index (χ3n) is 2.72. The lowest BCUT2D eigenvalue weighted by molar-refractivity contribution is 0.642. The van der Waals surface area contributed by atoms with Crippen LogP contribution in [0.1, 0.15) is 43.7 Å². The van der Waals surface area contributed by atoms with Crippen molar-refractivity contribution in [1.82, 2.24) is 0 Å². The molecular formula is C13H17N. The van der Waals surface area contributed by atoms with E-state index in [0.29, 0.717) is 12.3 Å². The lowest BCUT2D eigenvalue weighted by atomic mass is 9.93. The number of nitriles is 1. The minimum absolute atomic E-state index is 0.517. The molecular weight excluding hydrogens is 170 g/mol. The molecule has 74 valence electrons. The summed E-state index contributed by atoms with van der Waals surface area (Å²) in [5, 5.41) is 8.54. The molecule has 0 radical (unpaired) electrons. The van der Waals surface area contributed by atoms with Gasteiger partial charge in [0.1, 0.15) is 0 Å². The topological polar surface area (TPSA) is 23.8 Å². The predicted molar refractivity (Wildman–Crippen MR) is 59.1 cm³/mol. The Kier molecular flexibility index (Phi) is 4.19. The van der Waals surface area contributed by atoms with Crippen molar-refractivity contribution in [3.8, 4) is 6.07 Å². The summed E-state index contributed by atoms with van der Waals surface area (Å²) in [4.78, 5) is 0. The Labute approximate surface area is 86.4 Å². The number of hydrogen-bond acceptors (Lipinski definition) is 1. The van der Waals surface area contributed by atoms with Crippen molar-refractivity contribution >= 4 is 0 Å². The fraction of sp³-hybridized carbons (Fsp3) is 0.462. The largest absolute Gasteiger partial charge is 0.198 e. The highest BCUT2D eigenvalue weighted by molar-refractivity contribution is 5.26. The van der Waals surface area contributed by atoms with Crippen molar-refractivity contribution in [2.45, 2.75) is 39.0 Å². The number of benzene rings is 1. The molecule has 1 heteroatoms. The SMILES string of the molecule is CCC(CC)c1ccc(CC#N)cc1. The lowest BCUT2D eigenvalue weighted by Gasteiger charge is -2.12. The van der Waals surface area contributed by atoms with Gasteiger partial charge in [-0.15, -0.1) is 0 Å². The van der Waals surface area contributed by atoms with Crippen molar-refractivity contribution in [3.05, 3.63) is 35.4 Å². The van der Waals surface area contributed by atoms with Gasteiger partial charge in [0, 0.05) is 0 Å². The van der Waals surface area contributed by atoms with Gasteiger partial charge in [0.15, 0.2) is 0 Å². The fourth-order valence-corrected chi connectivity index (χ4v) is 1.76. The molecule has 0 aliphatic carbocycles. The molecule has 0 amide bonds. The van der Waals surface area contributed by atoms with E-state index in [9.17, 15) is 0 Å². The van der Waals surface area contributed by atoms with Gasteiger partial charge >= 0.3 is 0 Å². The van der Waals surface area contributed by atoms with Crippen LogP contribution in [0.4, 0.5) is 0 Å². The Bertz CT molecular complexity index is 301. The second-order valence-electron chi connectivity index (χ2n) is 3.59. The predicted octanol–water partition coefficient (Wildman–Crippen LogP) is 3.66. The number of rotatable bonds is 4. The van der Waals surface area contributed by atoms with E-state index in [1.165, 1.54) is 18.4 Å². The molecule has 0 saturated carbocycles. The van der Waals surface area contributed by atoms with Crippen LogP contribution in [-0.2, 0) is 6.42 Å². The van der Waals surface area contributed by atoms with Gasteiger partial charge in [0.05, 0.1) is 12.5 Å². The van der Waals surface area contributed by atoms with Gasteiger partial charge in [-0.2, -0.15) is 5.26 Å². The minimum atomic E-state index is 0.517. The lowest BCUT2D eigenvalue weighted by Crippen LogP contribution is -1.95. The Morgan fingerprint density at radius 3 is 2.14 bits per heavy atom. The fourth-order valence-electron chi connectivity index (χ4n) is 1.76. The molecule has 0 aliphatic rings. The summed E-state index contributed by atoms with van der Waals surface area (Å²) < 4.78 is 0. The van der Waals surface area contributed by atoms with E-state index in [4.69, 9.17) is 5.26 Å². The molecule has 1 nitrogen and oxygen atoms in total. The molecule has 0 bridgehead atoms. The molecule has 0 fully saturated rings. The molecule has 0 N–H and O–H groups in total. The molecule has 0 atom stereocenters. The maximum atomic E-state index is 8.54. The van der Waals surface area contributed by atoms with Crippen molar-refractivity contribution in [2.24, 2.45) is 0 Å². The van der Waals surface area contributed by atoms with E-state index in [2.05, 4.69) is 44.2 Å². The van der Waals surface area contributed by atoms with Gasteiger partial charge in [-0.1, -0.05) is 38.1 Å². The first kappa shape index (κ1) is 10.8. The zero-order chi connectivity index (χ0) is 10.4. The van der Waals surface area contributed by atoms with Crippen molar-refractivity contribution in [3.63, 3.8) is 0 Å². The first-order valence-electron chi connectivity index (χ1n) is 5.27. The second kappa shape index (κ2) is 5.44. The zero-order valence-electron chi connectivity index (χ0n) is 8.96. The van der Waals surface area contributed by atoms with Gasteiger partial charge in [0.25, 0.3) is 0 Å². The van der Waals surface area contributed by atoms with Crippen LogP contribution in [0.5, 0.6) is 0 Å². The molecule has 0 saturated heterocycles.